The normalized spacial score (nSPS) is 21.3. The summed E-state index contributed by atoms with van der Waals surface area (Å²) in [6.07, 6.45) is 0.801. The van der Waals surface area contributed by atoms with Gasteiger partial charge in [0.05, 0.1) is 25.3 Å². The molecule has 0 spiro atoms. The Morgan fingerprint density at radius 1 is 1.43 bits per heavy atom. The molecule has 1 amide bonds. The van der Waals surface area contributed by atoms with Crippen LogP contribution in [0.25, 0.3) is 0 Å². The van der Waals surface area contributed by atoms with E-state index in [2.05, 4.69) is 15.4 Å². The Bertz CT molecular complexity index is 686. The van der Waals surface area contributed by atoms with Gasteiger partial charge in [-0.05, 0) is 36.3 Å². The Morgan fingerprint density at radius 3 is 2.83 bits per heavy atom. The van der Waals surface area contributed by atoms with Crippen LogP contribution in [0.1, 0.15) is 28.6 Å². The zero-order valence-electron chi connectivity index (χ0n) is 13.0. The van der Waals surface area contributed by atoms with Gasteiger partial charge in [0.25, 0.3) is 11.8 Å². The van der Waals surface area contributed by atoms with Crippen molar-refractivity contribution in [1.29, 1.82) is 0 Å². The Hall–Kier alpha value is -2.41. The summed E-state index contributed by atoms with van der Waals surface area (Å²) in [5.41, 5.74) is 0.965. The molecule has 1 aliphatic rings. The number of rotatable bonds is 4. The molecule has 2 heterocycles. The lowest BCUT2D eigenvalue weighted by Crippen LogP contribution is -2.38. The Kier molecular flexibility index (Phi) is 4.29. The van der Waals surface area contributed by atoms with Crippen LogP contribution in [-0.4, -0.2) is 42.7 Å². The van der Waals surface area contributed by atoms with Crippen LogP contribution in [0, 0.1) is 5.82 Å². The van der Waals surface area contributed by atoms with Crippen LogP contribution in [0.4, 0.5) is 4.39 Å². The van der Waals surface area contributed by atoms with Crippen molar-refractivity contribution in [3.05, 3.63) is 47.5 Å². The molecule has 1 aromatic carbocycles. The van der Waals surface area contributed by atoms with Crippen LogP contribution < -0.4 is 10.1 Å². The number of methoxy groups -OCH3 is 1. The lowest BCUT2D eigenvalue weighted by molar-refractivity contribution is 0.0890. The van der Waals surface area contributed by atoms with E-state index in [1.54, 1.807) is 12.1 Å². The van der Waals surface area contributed by atoms with E-state index in [-0.39, 0.29) is 35.4 Å². The molecule has 7 heteroatoms. The van der Waals surface area contributed by atoms with Crippen molar-refractivity contribution in [3.63, 3.8) is 0 Å². The summed E-state index contributed by atoms with van der Waals surface area (Å²) in [5.74, 6) is -0.250. The molecule has 1 aromatic heterocycles. The van der Waals surface area contributed by atoms with Gasteiger partial charge in [-0.3, -0.25) is 9.69 Å². The van der Waals surface area contributed by atoms with Gasteiger partial charge < -0.3 is 14.6 Å². The number of hydrogen-bond acceptors (Lipinski definition) is 5. The predicted molar refractivity (Wildman–Crippen MR) is 80.7 cm³/mol. The number of likely N-dealkylation sites (N-methyl/N-ethyl adjacent to an activating group) is 1. The van der Waals surface area contributed by atoms with E-state index in [9.17, 15) is 9.18 Å². The van der Waals surface area contributed by atoms with Gasteiger partial charge in [-0.15, -0.1) is 0 Å². The van der Waals surface area contributed by atoms with Gasteiger partial charge in [-0.1, -0.05) is 12.1 Å². The summed E-state index contributed by atoms with van der Waals surface area (Å²) in [7, 11) is 3.44. The van der Waals surface area contributed by atoms with Gasteiger partial charge in [-0.25, -0.2) is 4.39 Å². The molecule has 0 radical (unpaired) electrons. The third-order valence-corrected chi connectivity index (χ3v) is 4.10. The average Bonchev–Trinajstić information content (AvgIpc) is 3.16. The molecular weight excluding hydrogens is 301 g/mol. The quantitative estimate of drug-likeness (QED) is 0.933. The fraction of sp³-hybridized carbons (Fsp3) is 0.375. The molecule has 6 nitrogen and oxygen atoms in total. The van der Waals surface area contributed by atoms with E-state index < -0.39 is 0 Å². The number of benzene rings is 1. The maximum absolute atomic E-state index is 13.1. The van der Waals surface area contributed by atoms with Crippen LogP contribution in [0.2, 0.25) is 0 Å². The minimum absolute atomic E-state index is 0.00985. The number of nitrogens with zero attached hydrogens (tertiary/aromatic N) is 2. The molecular formula is C16H18FN3O3. The molecule has 0 aliphatic carbocycles. The highest BCUT2D eigenvalue weighted by Crippen LogP contribution is 2.31. The first kappa shape index (κ1) is 15.5. The van der Waals surface area contributed by atoms with Crippen molar-refractivity contribution >= 4 is 5.91 Å². The zero-order valence-corrected chi connectivity index (χ0v) is 13.0. The number of carbonyl (C=O) groups is 1. The van der Waals surface area contributed by atoms with E-state index in [1.165, 1.54) is 25.3 Å². The molecule has 2 aromatic rings. The van der Waals surface area contributed by atoms with Crippen LogP contribution in [0.5, 0.6) is 5.88 Å². The Morgan fingerprint density at radius 2 is 2.17 bits per heavy atom. The first-order valence-electron chi connectivity index (χ1n) is 7.36. The summed E-state index contributed by atoms with van der Waals surface area (Å²) in [6.45, 7) is 0.840. The molecule has 23 heavy (non-hydrogen) atoms. The third-order valence-electron chi connectivity index (χ3n) is 4.10. The number of halogens is 1. The molecule has 0 unspecified atom stereocenters. The highest BCUT2D eigenvalue weighted by atomic mass is 19.1. The summed E-state index contributed by atoms with van der Waals surface area (Å²) < 4.78 is 23.0. The molecule has 1 aliphatic heterocycles. The van der Waals surface area contributed by atoms with Crippen molar-refractivity contribution in [2.75, 3.05) is 20.7 Å². The molecule has 2 atom stereocenters. The van der Waals surface area contributed by atoms with E-state index in [0.717, 1.165) is 18.5 Å². The lowest BCUT2D eigenvalue weighted by Gasteiger charge is -2.25. The van der Waals surface area contributed by atoms with Gasteiger partial charge >= 0.3 is 0 Å². The van der Waals surface area contributed by atoms with E-state index in [4.69, 9.17) is 9.26 Å². The SMILES string of the molecule is COc1cc(C(=O)N[C@@H]2CCN(C)[C@@H]2c2ccc(F)cc2)on1. The van der Waals surface area contributed by atoms with Crippen LogP contribution in [0.3, 0.4) is 0 Å². The van der Waals surface area contributed by atoms with Crippen LogP contribution in [0.15, 0.2) is 34.9 Å². The molecule has 1 saturated heterocycles. The summed E-state index contributed by atoms with van der Waals surface area (Å²) in [4.78, 5) is 14.4. The Balaban J connectivity index is 1.75. The van der Waals surface area contributed by atoms with Crippen molar-refractivity contribution in [2.24, 2.45) is 0 Å². The monoisotopic (exact) mass is 319 g/mol. The molecule has 0 bridgehead atoms. The fourth-order valence-electron chi connectivity index (χ4n) is 2.95. The van der Waals surface area contributed by atoms with Crippen molar-refractivity contribution in [1.82, 2.24) is 15.4 Å². The van der Waals surface area contributed by atoms with Gasteiger partial charge in [-0.2, -0.15) is 0 Å². The summed E-state index contributed by atoms with van der Waals surface area (Å²) in [5, 5.41) is 6.58. The average molecular weight is 319 g/mol. The topological polar surface area (TPSA) is 67.6 Å². The first-order chi connectivity index (χ1) is 11.1. The number of likely N-dealkylation sites (tertiary alicyclic amines) is 1. The lowest BCUT2D eigenvalue weighted by atomic mass is 10.00. The Labute approximate surface area is 133 Å². The number of hydrogen-bond donors (Lipinski definition) is 1. The minimum atomic E-state index is -0.340. The largest absolute Gasteiger partial charge is 0.479 e. The zero-order chi connectivity index (χ0) is 16.4. The number of aromatic nitrogens is 1. The van der Waals surface area contributed by atoms with Crippen molar-refractivity contribution in [2.45, 2.75) is 18.5 Å². The summed E-state index contributed by atoms with van der Waals surface area (Å²) in [6, 6.07) is 7.71. The smallest absolute Gasteiger partial charge is 0.290 e. The molecule has 0 saturated carbocycles. The van der Waals surface area contributed by atoms with Gasteiger partial charge in [0.15, 0.2) is 0 Å². The van der Waals surface area contributed by atoms with Crippen LogP contribution >= 0.6 is 0 Å². The fourth-order valence-corrected chi connectivity index (χ4v) is 2.95. The maximum atomic E-state index is 13.1. The second-order valence-electron chi connectivity index (χ2n) is 5.58. The predicted octanol–water partition coefficient (Wildman–Crippen LogP) is 2.00. The molecule has 122 valence electrons. The maximum Gasteiger partial charge on any atom is 0.290 e. The highest BCUT2D eigenvalue weighted by molar-refractivity contribution is 5.91. The molecule has 1 fully saturated rings. The summed E-state index contributed by atoms with van der Waals surface area (Å²) >= 11 is 0. The number of amides is 1. The van der Waals surface area contributed by atoms with Crippen LogP contribution in [-0.2, 0) is 0 Å². The van der Waals surface area contributed by atoms with Crippen molar-refractivity contribution < 1.29 is 18.4 Å². The van der Waals surface area contributed by atoms with E-state index >= 15 is 0 Å². The van der Waals surface area contributed by atoms with E-state index in [0.29, 0.717) is 0 Å². The molecule has 3 rings (SSSR count). The van der Waals surface area contributed by atoms with Gasteiger partial charge in [0.1, 0.15) is 5.82 Å². The second-order valence-corrected chi connectivity index (χ2v) is 5.58. The number of ether oxygens (including phenoxy) is 1. The second kappa shape index (κ2) is 6.37. The molecule has 1 N–H and O–H groups in total. The third kappa shape index (κ3) is 3.19. The van der Waals surface area contributed by atoms with Gasteiger partial charge in [0, 0.05) is 6.54 Å². The minimum Gasteiger partial charge on any atom is -0.479 e. The number of nitrogens with one attached hydrogen (secondary N) is 1. The van der Waals surface area contributed by atoms with E-state index in [1.807, 2.05) is 7.05 Å². The first-order valence-corrected chi connectivity index (χ1v) is 7.36. The van der Waals surface area contributed by atoms with Crippen molar-refractivity contribution in [3.8, 4) is 5.88 Å². The highest BCUT2D eigenvalue weighted by Gasteiger charge is 2.34. The number of carbonyl (C=O) groups excluding carboxylic acids is 1. The van der Waals surface area contributed by atoms with Gasteiger partial charge in [0.2, 0.25) is 5.76 Å². The standard InChI is InChI=1S/C16H18FN3O3/c1-20-8-7-12(15(20)10-3-5-11(17)6-4-10)18-16(21)13-9-14(22-2)19-23-13/h3-6,9,12,15H,7-8H2,1-2H3,(H,18,21)/t12-,15-/m1/s1.